The molecule has 6 heteroatoms. The third-order valence-corrected chi connectivity index (χ3v) is 2.41. The van der Waals surface area contributed by atoms with Crippen LogP contribution < -0.4 is 10.2 Å². The largest absolute Gasteiger partial charge is 0.480 e. The number of hydrogen-bond acceptors (Lipinski definition) is 3. The van der Waals surface area contributed by atoms with E-state index in [0.29, 0.717) is 18.8 Å². The van der Waals surface area contributed by atoms with Gasteiger partial charge in [0, 0.05) is 13.1 Å². The molecular formula is C10H10F2N2O2. The number of hydrogen-bond donors (Lipinski definition) is 2. The summed E-state index contributed by atoms with van der Waals surface area (Å²) in [6.45, 7) is 0.500. The smallest absolute Gasteiger partial charge is 0.323 e. The molecule has 0 atom stereocenters. The molecule has 0 aliphatic carbocycles. The highest BCUT2D eigenvalue weighted by Gasteiger charge is 2.24. The van der Waals surface area contributed by atoms with E-state index in [0.717, 1.165) is 6.07 Å². The van der Waals surface area contributed by atoms with Crippen molar-refractivity contribution < 1.29 is 18.7 Å². The van der Waals surface area contributed by atoms with Gasteiger partial charge >= 0.3 is 5.97 Å². The fourth-order valence-electron chi connectivity index (χ4n) is 1.75. The highest BCUT2D eigenvalue weighted by atomic mass is 19.2. The van der Waals surface area contributed by atoms with Crippen LogP contribution in [-0.2, 0) is 4.79 Å². The van der Waals surface area contributed by atoms with Gasteiger partial charge in [0.2, 0.25) is 0 Å². The zero-order valence-corrected chi connectivity index (χ0v) is 8.33. The molecule has 1 heterocycles. The molecule has 1 aliphatic heterocycles. The first-order chi connectivity index (χ1) is 7.59. The van der Waals surface area contributed by atoms with Crippen LogP contribution in [0.5, 0.6) is 0 Å². The minimum absolute atomic E-state index is 0.00588. The van der Waals surface area contributed by atoms with Gasteiger partial charge in [0.1, 0.15) is 12.2 Å². The monoisotopic (exact) mass is 228 g/mol. The first-order valence-electron chi connectivity index (χ1n) is 4.78. The molecule has 1 aromatic rings. The van der Waals surface area contributed by atoms with Crippen molar-refractivity contribution in [3.63, 3.8) is 0 Å². The van der Waals surface area contributed by atoms with Gasteiger partial charge in [-0.25, -0.2) is 8.78 Å². The Hall–Kier alpha value is -1.85. The normalized spacial score (nSPS) is 14.2. The first-order valence-corrected chi connectivity index (χ1v) is 4.78. The van der Waals surface area contributed by atoms with Crippen LogP contribution in [0.4, 0.5) is 20.2 Å². The molecule has 0 radical (unpaired) electrons. The topological polar surface area (TPSA) is 52.6 Å². The van der Waals surface area contributed by atoms with Crippen molar-refractivity contribution in [3.8, 4) is 0 Å². The van der Waals surface area contributed by atoms with Gasteiger partial charge in [-0.3, -0.25) is 4.79 Å². The van der Waals surface area contributed by atoms with Crippen LogP contribution in [0.2, 0.25) is 0 Å². The van der Waals surface area contributed by atoms with E-state index >= 15 is 0 Å². The molecule has 2 N–H and O–H groups in total. The number of anilines is 2. The molecule has 1 aliphatic rings. The third kappa shape index (κ3) is 1.78. The second-order valence-corrected chi connectivity index (χ2v) is 3.50. The lowest BCUT2D eigenvalue weighted by molar-refractivity contribution is -0.135. The maximum Gasteiger partial charge on any atom is 0.323 e. The molecule has 86 valence electrons. The molecule has 0 fully saturated rings. The van der Waals surface area contributed by atoms with Crippen molar-refractivity contribution in [1.29, 1.82) is 0 Å². The van der Waals surface area contributed by atoms with Gasteiger partial charge in [-0.1, -0.05) is 0 Å². The van der Waals surface area contributed by atoms with Crippen molar-refractivity contribution in [1.82, 2.24) is 0 Å². The zero-order valence-electron chi connectivity index (χ0n) is 8.33. The van der Waals surface area contributed by atoms with Crippen LogP contribution in [0.1, 0.15) is 0 Å². The fourth-order valence-corrected chi connectivity index (χ4v) is 1.75. The van der Waals surface area contributed by atoms with Gasteiger partial charge in [0.05, 0.1) is 5.69 Å². The van der Waals surface area contributed by atoms with Crippen LogP contribution in [0.3, 0.4) is 0 Å². The Balaban J connectivity index is 2.43. The molecule has 4 nitrogen and oxygen atoms in total. The summed E-state index contributed by atoms with van der Waals surface area (Å²) in [6, 6.07) is 2.42. The summed E-state index contributed by atoms with van der Waals surface area (Å²) in [7, 11) is 0. The lowest BCUT2D eigenvalue weighted by atomic mass is 10.2. The van der Waals surface area contributed by atoms with Gasteiger partial charge in [0.15, 0.2) is 11.6 Å². The number of carboxylic acid groups (broad SMARTS) is 1. The van der Waals surface area contributed by atoms with E-state index in [1.807, 2.05) is 0 Å². The Kier molecular flexibility index (Phi) is 2.64. The van der Waals surface area contributed by atoms with E-state index in [4.69, 9.17) is 5.11 Å². The molecular weight excluding hydrogens is 218 g/mol. The average Bonchev–Trinajstić information content (AvgIpc) is 2.23. The van der Waals surface area contributed by atoms with E-state index in [9.17, 15) is 13.6 Å². The first kappa shape index (κ1) is 10.7. The summed E-state index contributed by atoms with van der Waals surface area (Å²) in [4.78, 5) is 11.9. The number of halogens is 2. The number of nitrogens with zero attached hydrogens (tertiary/aromatic N) is 1. The molecule has 16 heavy (non-hydrogen) atoms. The van der Waals surface area contributed by atoms with E-state index in [1.54, 1.807) is 0 Å². The van der Waals surface area contributed by atoms with E-state index < -0.39 is 17.6 Å². The molecule has 0 saturated heterocycles. The van der Waals surface area contributed by atoms with E-state index in [2.05, 4.69) is 5.32 Å². The van der Waals surface area contributed by atoms with Crippen molar-refractivity contribution >= 4 is 17.3 Å². The summed E-state index contributed by atoms with van der Waals surface area (Å²) < 4.78 is 26.6. The SMILES string of the molecule is O=C(O)CN1CCNc2ccc(F)c(F)c21. The Labute approximate surface area is 90.5 Å². The molecule has 0 amide bonds. The maximum atomic E-state index is 13.5. The minimum Gasteiger partial charge on any atom is -0.480 e. The molecule has 0 aromatic heterocycles. The average molecular weight is 228 g/mol. The third-order valence-electron chi connectivity index (χ3n) is 2.41. The van der Waals surface area contributed by atoms with E-state index in [-0.39, 0.29) is 12.2 Å². The highest BCUT2D eigenvalue weighted by molar-refractivity contribution is 5.79. The van der Waals surface area contributed by atoms with Crippen molar-refractivity contribution in [2.24, 2.45) is 0 Å². The predicted octanol–water partition coefficient (Wildman–Crippen LogP) is 1.28. The molecule has 2 rings (SSSR count). The van der Waals surface area contributed by atoms with Crippen LogP contribution in [-0.4, -0.2) is 30.7 Å². The highest BCUT2D eigenvalue weighted by Crippen LogP contribution is 2.32. The Morgan fingerprint density at radius 2 is 2.25 bits per heavy atom. The summed E-state index contributed by atoms with van der Waals surface area (Å²) >= 11 is 0. The molecule has 0 bridgehead atoms. The predicted molar refractivity (Wildman–Crippen MR) is 54.7 cm³/mol. The number of aliphatic carboxylic acids is 1. The zero-order chi connectivity index (χ0) is 11.7. The number of nitrogens with one attached hydrogen (secondary N) is 1. The number of rotatable bonds is 2. The number of fused-ring (bicyclic) bond motifs is 1. The molecule has 0 saturated carbocycles. The van der Waals surface area contributed by atoms with Crippen molar-refractivity contribution in [3.05, 3.63) is 23.8 Å². The summed E-state index contributed by atoms with van der Waals surface area (Å²) in [5.41, 5.74) is 0.417. The molecule has 0 unspecified atom stereocenters. The summed E-state index contributed by atoms with van der Waals surface area (Å²) in [6.07, 6.45) is 0. The quantitative estimate of drug-likeness (QED) is 0.800. The van der Waals surface area contributed by atoms with E-state index in [1.165, 1.54) is 11.0 Å². The Morgan fingerprint density at radius 1 is 1.50 bits per heavy atom. The number of carboxylic acids is 1. The van der Waals surface area contributed by atoms with Crippen LogP contribution in [0, 0.1) is 11.6 Å². The fraction of sp³-hybridized carbons (Fsp3) is 0.300. The van der Waals surface area contributed by atoms with Gasteiger partial charge in [-0.2, -0.15) is 0 Å². The Bertz CT molecular complexity index is 437. The van der Waals surface area contributed by atoms with Crippen LogP contribution in [0.25, 0.3) is 0 Å². The second-order valence-electron chi connectivity index (χ2n) is 3.50. The van der Waals surface area contributed by atoms with Gasteiger partial charge in [-0.05, 0) is 12.1 Å². The second kappa shape index (κ2) is 3.96. The summed E-state index contributed by atoms with van der Waals surface area (Å²) in [5.74, 6) is -3.06. The summed E-state index contributed by atoms with van der Waals surface area (Å²) in [5, 5.41) is 11.6. The number of carbonyl (C=O) groups is 1. The maximum absolute atomic E-state index is 13.5. The minimum atomic E-state index is -1.07. The van der Waals surface area contributed by atoms with Gasteiger partial charge < -0.3 is 15.3 Å². The number of benzene rings is 1. The lowest BCUT2D eigenvalue weighted by Gasteiger charge is -2.31. The van der Waals surface area contributed by atoms with Crippen LogP contribution >= 0.6 is 0 Å². The standard InChI is InChI=1S/C10H10F2N2O2/c11-6-1-2-7-10(9(6)12)14(4-3-13-7)5-8(15)16/h1-2,13H,3-5H2,(H,15,16). The van der Waals surface area contributed by atoms with Crippen molar-refractivity contribution in [2.75, 3.05) is 29.9 Å². The molecule has 1 aromatic carbocycles. The van der Waals surface area contributed by atoms with Gasteiger partial charge in [0.25, 0.3) is 0 Å². The molecule has 0 spiro atoms. The Morgan fingerprint density at radius 3 is 2.94 bits per heavy atom. The van der Waals surface area contributed by atoms with Crippen LogP contribution in [0.15, 0.2) is 12.1 Å². The van der Waals surface area contributed by atoms with Crippen molar-refractivity contribution in [2.45, 2.75) is 0 Å². The van der Waals surface area contributed by atoms with Gasteiger partial charge in [-0.15, -0.1) is 0 Å². The lowest BCUT2D eigenvalue weighted by Crippen LogP contribution is -2.38.